The zero-order chi connectivity index (χ0) is 19.8. The van der Waals surface area contributed by atoms with Crippen molar-refractivity contribution in [3.63, 3.8) is 0 Å². The molecule has 6 heteroatoms. The lowest BCUT2D eigenvalue weighted by Gasteiger charge is -2.19. The first kappa shape index (κ1) is 20.4. The maximum Gasteiger partial charge on any atom is 0.234 e. The molecule has 142 valence electrons. The van der Waals surface area contributed by atoms with Crippen molar-refractivity contribution >= 4 is 11.6 Å². The number of halogens is 1. The summed E-state index contributed by atoms with van der Waals surface area (Å²) in [7, 11) is 0. The van der Waals surface area contributed by atoms with Crippen molar-refractivity contribution < 1.29 is 9.18 Å². The summed E-state index contributed by atoms with van der Waals surface area (Å²) in [5.74, 6) is -0.676. The first-order chi connectivity index (χ1) is 13.0. The third-order valence-corrected chi connectivity index (χ3v) is 4.55. The van der Waals surface area contributed by atoms with Gasteiger partial charge in [0, 0.05) is 13.1 Å². The second kappa shape index (κ2) is 9.70. The van der Waals surface area contributed by atoms with Gasteiger partial charge in [-0.2, -0.15) is 5.26 Å². The van der Waals surface area contributed by atoms with Crippen molar-refractivity contribution in [1.82, 2.24) is 0 Å². The molecule has 1 aliphatic heterocycles. The second-order valence-corrected chi connectivity index (χ2v) is 6.46. The number of hydrogen-bond donors (Lipinski definition) is 2. The summed E-state index contributed by atoms with van der Waals surface area (Å²) >= 11 is 0. The van der Waals surface area contributed by atoms with E-state index in [0.29, 0.717) is 12.0 Å². The van der Waals surface area contributed by atoms with Crippen LogP contribution < -0.4 is 16.4 Å². The molecule has 2 aromatic rings. The van der Waals surface area contributed by atoms with Crippen molar-refractivity contribution in [2.75, 3.05) is 18.0 Å². The molecule has 0 aromatic heterocycles. The normalized spacial score (nSPS) is 14.1. The van der Waals surface area contributed by atoms with Gasteiger partial charge in [-0.05, 0) is 54.7 Å². The van der Waals surface area contributed by atoms with E-state index < -0.39 is 11.9 Å². The van der Waals surface area contributed by atoms with Gasteiger partial charge < -0.3 is 16.4 Å². The molecular formula is C21H25FN4O. The average Bonchev–Trinajstić information content (AvgIpc) is 3.22. The van der Waals surface area contributed by atoms with Crippen LogP contribution in [0.3, 0.4) is 0 Å². The minimum Gasteiger partial charge on any atom is -0.370 e. The van der Waals surface area contributed by atoms with Crippen LogP contribution in [0.2, 0.25) is 0 Å². The Labute approximate surface area is 159 Å². The molecule has 3 rings (SSSR count). The van der Waals surface area contributed by atoms with Gasteiger partial charge in [0.2, 0.25) is 5.91 Å². The van der Waals surface area contributed by atoms with Crippen molar-refractivity contribution in [3.05, 3.63) is 53.8 Å². The molecule has 1 amide bonds. The van der Waals surface area contributed by atoms with Crippen LogP contribution in [-0.4, -0.2) is 25.0 Å². The number of primary amides is 1. The highest BCUT2D eigenvalue weighted by Gasteiger charge is 2.16. The summed E-state index contributed by atoms with van der Waals surface area (Å²) in [6.07, 6.45) is 2.99. The van der Waals surface area contributed by atoms with Gasteiger partial charge in [-0.1, -0.05) is 25.1 Å². The quantitative estimate of drug-likeness (QED) is 0.866. The number of anilines is 1. The molecule has 0 radical (unpaired) electrons. The van der Waals surface area contributed by atoms with Crippen LogP contribution in [0.4, 0.5) is 10.1 Å². The van der Waals surface area contributed by atoms with E-state index in [2.05, 4.69) is 11.0 Å². The SMILES string of the molecule is CC[C@H](N)C(N)=O.N#Cc1cc(-c2ccc(F)cc2)ccc1N1CCCC1. The highest BCUT2D eigenvalue weighted by atomic mass is 19.1. The molecule has 4 N–H and O–H groups in total. The minimum atomic E-state index is -0.458. The summed E-state index contributed by atoms with van der Waals surface area (Å²) < 4.78 is 13.0. The van der Waals surface area contributed by atoms with Crippen LogP contribution in [0, 0.1) is 17.1 Å². The Bertz CT molecular complexity index is 808. The molecule has 5 nitrogen and oxygen atoms in total. The van der Waals surface area contributed by atoms with Gasteiger partial charge in [0.1, 0.15) is 11.9 Å². The summed E-state index contributed by atoms with van der Waals surface area (Å²) in [6, 6.07) is 14.1. The van der Waals surface area contributed by atoms with E-state index in [1.807, 2.05) is 25.1 Å². The van der Waals surface area contributed by atoms with E-state index in [9.17, 15) is 14.4 Å². The number of rotatable bonds is 4. The Morgan fingerprint density at radius 3 is 2.26 bits per heavy atom. The first-order valence-corrected chi connectivity index (χ1v) is 9.06. The lowest BCUT2D eigenvalue weighted by Crippen LogP contribution is -2.35. The maximum atomic E-state index is 13.0. The topological polar surface area (TPSA) is 96.1 Å². The number of benzene rings is 2. The molecule has 1 heterocycles. The smallest absolute Gasteiger partial charge is 0.234 e. The third kappa shape index (κ3) is 5.53. The zero-order valence-corrected chi connectivity index (χ0v) is 15.5. The summed E-state index contributed by atoms with van der Waals surface area (Å²) in [4.78, 5) is 12.3. The van der Waals surface area contributed by atoms with Gasteiger partial charge in [0.25, 0.3) is 0 Å². The highest BCUT2D eigenvalue weighted by Crippen LogP contribution is 2.29. The number of carbonyl (C=O) groups excluding carboxylic acids is 1. The van der Waals surface area contributed by atoms with Crippen molar-refractivity contribution in [2.24, 2.45) is 11.5 Å². The maximum absolute atomic E-state index is 13.0. The Hall–Kier alpha value is -2.91. The van der Waals surface area contributed by atoms with Crippen molar-refractivity contribution in [1.29, 1.82) is 5.26 Å². The minimum absolute atomic E-state index is 0.247. The summed E-state index contributed by atoms with van der Waals surface area (Å²) in [5.41, 5.74) is 13.5. The van der Waals surface area contributed by atoms with E-state index >= 15 is 0 Å². The summed E-state index contributed by atoms with van der Waals surface area (Å²) in [5, 5.41) is 9.36. The van der Waals surface area contributed by atoms with Crippen LogP contribution >= 0.6 is 0 Å². The van der Waals surface area contributed by atoms with Gasteiger partial charge in [-0.25, -0.2) is 4.39 Å². The monoisotopic (exact) mass is 368 g/mol. The standard InChI is InChI=1S/C17H15FN2.C4H10N2O/c18-16-6-3-13(4-7-16)14-5-8-17(15(11-14)12-19)20-9-1-2-10-20;1-2-3(5)4(6)7/h3-8,11H,1-2,9-10H2;3H,2,5H2,1H3,(H2,6,7)/t;3-/m.0/s1. The Morgan fingerprint density at radius 1 is 1.19 bits per heavy atom. The number of amides is 1. The van der Waals surface area contributed by atoms with E-state index in [1.165, 1.54) is 25.0 Å². The fourth-order valence-electron chi connectivity index (χ4n) is 2.88. The number of carbonyl (C=O) groups is 1. The first-order valence-electron chi connectivity index (χ1n) is 9.06. The van der Waals surface area contributed by atoms with E-state index in [1.54, 1.807) is 12.1 Å². The average molecular weight is 368 g/mol. The molecule has 1 aliphatic rings. The predicted octanol–water partition coefficient (Wildman–Crippen LogP) is 3.17. The third-order valence-electron chi connectivity index (χ3n) is 4.55. The lowest BCUT2D eigenvalue weighted by atomic mass is 10.0. The van der Waals surface area contributed by atoms with Crippen LogP contribution in [0.1, 0.15) is 31.7 Å². The number of hydrogen-bond acceptors (Lipinski definition) is 4. The molecule has 0 saturated carbocycles. The molecule has 27 heavy (non-hydrogen) atoms. The Balaban J connectivity index is 0.000000321. The number of nitriles is 1. The molecule has 1 fully saturated rings. The second-order valence-electron chi connectivity index (χ2n) is 6.46. The summed E-state index contributed by atoms with van der Waals surface area (Å²) in [6.45, 7) is 3.85. The van der Waals surface area contributed by atoms with Gasteiger partial charge in [0.05, 0.1) is 17.3 Å². The van der Waals surface area contributed by atoms with Gasteiger partial charge >= 0.3 is 0 Å². The van der Waals surface area contributed by atoms with Gasteiger partial charge in [-0.3, -0.25) is 4.79 Å². The van der Waals surface area contributed by atoms with Crippen molar-refractivity contribution in [2.45, 2.75) is 32.2 Å². The largest absolute Gasteiger partial charge is 0.370 e. The van der Waals surface area contributed by atoms with Gasteiger partial charge in [0.15, 0.2) is 0 Å². The molecular weight excluding hydrogens is 343 g/mol. The van der Waals surface area contributed by atoms with Crippen LogP contribution in [0.5, 0.6) is 0 Å². The van der Waals surface area contributed by atoms with Crippen LogP contribution in [0.25, 0.3) is 11.1 Å². The molecule has 1 saturated heterocycles. The van der Waals surface area contributed by atoms with E-state index in [-0.39, 0.29) is 5.82 Å². The Morgan fingerprint density at radius 2 is 1.78 bits per heavy atom. The van der Waals surface area contributed by atoms with Gasteiger partial charge in [-0.15, -0.1) is 0 Å². The Kier molecular flexibility index (Phi) is 7.33. The number of nitrogens with zero attached hydrogens (tertiary/aromatic N) is 2. The van der Waals surface area contributed by atoms with Crippen LogP contribution in [-0.2, 0) is 4.79 Å². The van der Waals surface area contributed by atoms with Crippen LogP contribution in [0.15, 0.2) is 42.5 Å². The molecule has 0 spiro atoms. The predicted molar refractivity (Wildman–Crippen MR) is 105 cm³/mol. The fourth-order valence-corrected chi connectivity index (χ4v) is 2.88. The molecule has 0 bridgehead atoms. The zero-order valence-electron chi connectivity index (χ0n) is 15.5. The van der Waals surface area contributed by atoms with E-state index in [0.717, 1.165) is 29.9 Å². The molecule has 0 unspecified atom stereocenters. The molecule has 0 aliphatic carbocycles. The lowest BCUT2D eigenvalue weighted by molar-refractivity contribution is -0.119. The van der Waals surface area contributed by atoms with Crippen molar-refractivity contribution in [3.8, 4) is 17.2 Å². The highest BCUT2D eigenvalue weighted by molar-refractivity contribution is 5.79. The van der Waals surface area contributed by atoms with E-state index in [4.69, 9.17) is 11.5 Å². The fraction of sp³-hybridized carbons (Fsp3) is 0.333. The number of nitrogens with two attached hydrogens (primary N) is 2. The molecule has 1 atom stereocenters. The molecule has 2 aromatic carbocycles.